The standard InChI is InChI=1S/C20H29N5O4S/c1-6-13-11(4)21-17(23-13)18(26)24-14-7-8-25(9-15(14)29-10(2)3)20-22-12(5)16(30-20)19(27)28/h10,14-15H,6-9H2,1-5H3,(H,21,23)(H,24,26)(H,27,28). The van der Waals surface area contributed by atoms with Crippen LogP contribution in [0.15, 0.2) is 0 Å². The molecule has 1 saturated heterocycles. The largest absolute Gasteiger partial charge is 0.477 e. The van der Waals surface area contributed by atoms with Gasteiger partial charge in [0.25, 0.3) is 5.91 Å². The van der Waals surface area contributed by atoms with E-state index in [1.807, 2.05) is 32.6 Å². The Morgan fingerprint density at radius 1 is 1.33 bits per heavy atom. The molecule has 2 atom stereocenters. The highest BCUT2D eigenvalue weighted by Crippen LogP contribution is 2.29. The number of piperidine rings is 1. The normalized spacial score (nSPS) is 19.3. The van der Waals surface area contributed by atoms with Gasteiger partial charge < -0.3 is 25.0 Å². The summed E-state index contributed by atoms with van der Waals surface area (Å²) < 4.78 is 6.10. The average molecular weight is 436 g/mol. The highest BCUT2D eigenvalue weighted by molar-refractivity contribution is 7.17. The summed E-state index contributed by atoms with van der Waals surface area (Å²) in [6.45, 7) is 10.7. The number of rotatable bonds is 7. The molecule has 3 heterocycles. The number of hydrogen-bond donors (Lipinski definition) is 3. The van der Waals surface area contributed by atoms with Crippen molar-refractivity contribution in [1.82, 2.24) is 20.3 Å². The van der Waals surface area contributed by atoms with Crippen molar-refractivity contribution in [3.8, 4) is 0 Å². The molecule has 2 aromatic heterocycles. The summed E-state index contributed by atoms with van der Waals surface area (Å²) in [4.78, 5) is 38.3. The van der Waals surface area contributed by atoms with E-state index in [0.717, 1.165) is 17.8 Å². The molecule has 0 aromatic carbocycles. The number of carbonyl (C=O) groups excluding carboxylic acids is 1. The Balaban J connectivity index is 1.73. The number of aromatic carboxylic acids is 1. The lowest BCUT2D eigenvalue weighted by molar-refractivity contribution is -0.0167. The first kappa shape index (κ1) is 22.2. The van der Waals surface area contributed by atoms with Crippen LogP contribution in [0.25, 0.3) is 0 Å². The third-order valence-corrected chi connectivity index (χ3v) is 6.33. The average Bonchev–Trinajstić information content (AvgIpc) is 3.25. The number of aromatic nitrogens is 3. The molecule has 0 saturated carbocycles. The number of ether oxygens (including phenoxy) is 1. The van der Waals surface area contributed by atoms with Crippen LogP contribution in [0.5, 0.6) is 0 Å². The van der Waals surface area contributed by atoms with Crippen LogP contribution >= 0.6 is 11.3 Å². The van der Waals surface area contributed by atoms with Crippen molar-refractivity contribution in [3.05, 3.63) is 27.8 Å². The van der Waals surface area contributed by atoms with Gasteiger partial charge in [-0.1, -0.05) is 18.3 Å². The molecule has 164 valence electrons. The monoisotopic (exact) mass is 435 g/mol. The minimum absolute atomic E-state index is 0.0143. The fourth-order valence-electron chi connectivity index (χ4n) is 3.64. The molecule has 0 bridgehead atoms. The lowest BCUT2D eigenvalue weighted by Crippen LogP contribution is -2.56. The number of carbonyl (C=O) groups is 2. The van der Waals surface area contributed by atoms with Crippen molar-refractivity contribution in [1.29, 1.82) is 0 Å². The van der Waals surface area contributed by atoms with Crippen molar-refractivity contribution < 1.29 is 19.4 Å². The number of aryl methyl sites for hydroxylation is 3. The van der Waals surface area contributed by atoms with Gasteiger partial charge in [-0.25, -0.2) is 14.8 Å². The van der Waals surface area contributed by atoms with E-state index in [0.29, 0.717) is 36.2 Å². The Kier molecular flexibility index (Phi) is 6.77. The third kappa shape index (κ3) is 4.81. The second-order valence-electron chi connectivity index (χ2n) is 7.76. The number of amides is 1. The molecular formula is C20H29N5O4S. The van der Waals surface area contributed by atoms with Gasteiger partial charge >= 0.3 is 5.97 Å². The topological polar surface area (TPSA) is 120 Å². The first-order valence-electron chi connectivity index (χ1n) is 10.2. The number of imidazole rings is 1. The summed E-state index contributed by atoms with van der Waals surface area (Å²) in [5.74, 6) is -0.892. The van der Waals surface area contributed by atoms with Crippen LogP contribution in [0.4, 0.5) is 5.13 Å². The number of carboxylic acid groups (broad SMARTS) is 1. The molecule has 3 N–H and O–H groups in total. The zero-order valence-corrected chi connectivity index (χ0v) is 18.8. The number of thiazole rings is 1. The summed E-state index contributed by atoms with van der Waals surface area (Å²) >= 11 is 1.17. The van der Waals surface area contributed by atoms with Crippen molar-refractivity contribution in [3.63, 3.8) is 0 Å². The lowest BCUT2D eigenvalue weighted by Gasteiger charge is -2.39. The van der Waals surface area contributed by atoms with Crippen LogP contribution in [-0.2, 0) is 11.2 Å². The fourth-order valence-corrected chi connectivity index (χ4v) is 4.58. The van der Waals surface area contributed by atoms with E-state index < -0.39 is 5.97 Å². The zero-order chi connectivity index (χ0) is 22.0. The number of anilines is 1. The summed E-state index contributed by atoms with van der Waals surface area (Å²) in [7, 11) is 0. The van der Waals surface area contributed by atoms with Crippen LogP contribution in [0.2, 0.25) is 0 Å². The van der Waals surface area contributed by atoms with Gasteiger partial charge in [0.1, 0.15) is 4.88 Å². The first-order valence-corrected chi connectivity index (χ1v) is 11.0. The predicted molar refractivity (Wildman–Crippen MR) is 115 cm³/mol. The number of H-pyrrole nitrogens is 1. The molecular weight excluding hydrogens is 406 g/mol. The van der Waals surface area contributed by atoms with Gasteiger partial charge in [0.05, 0.1) is 29.6 Å². The number of nitrogens with one attached hydrogen (secondary N) is 2. The Morgan fingerprint density at radius 2 is 2.07 bits per heavy atom. The minimum atomic E-state index is -0.964. The molecule has 1 amide bonds. The van der Waals surface area contributed by atoms with E-state index in [2.05, 4.69) is 20.3 Å². The first-order chi connectivity index (χ1) is 14.2. The van der Waals surface area contributed by atoms with Gasteiger partial charge in [-0.3, -0.25) is 4.79 Å². The van der Waals surface area contributed by atoms with Crippen molar-refractivity contribution in [2.75, 3.05) is 18.0 Å². The van der Waals surface area contributed by atoms with Crippen molar-refractivity contribution in [2.45, 2.75) is 65.7 Å². The summed E-state index contributed by atoms with van der Waals surface area (Å²) in [6.07, 6.45) is 1.18. The van der Waals surface area contributed by atoms with Crippen LogP contribution in [0.1, 0.15) is 64.6 Å². The highest BCUT2D eigenvalue weighted by Gasteiger charge is 2.34. The second kappa shape index (κ2) is 9.13. The minimum Gasteiger partial charge on any atom is -0.477 e. The number of nitrogens with zero attached hydrogens (tertiary/aromatic N) is 3. The van der Waals surface area contributed by atoms with Crippen LogP contribution < -0.4 is 10.2 Å². The molecule has 0 radical (unpaired) electrons. The van der Waals surface area contributed by atoms with Gasteiger partial charge in [0.2, 0.25) is 0 Å². The van der Waals surface area contributed by atoms with Crippen LogP contribution in [-0.4, -0.2) is 63.3 Å². The predicted octanol–water partition coefficient (Wildman–Crippen LogP) is 2.55. The highest BCUT2D eigenvalue weighted by atomic mass is 32.1. The van der Waals surface area contributed by atoms with E-state index in [1.165, 1.54) is 11.3 Å². The Morgan fingerprint density at radius 3 is 2.63 bits per heavy atom. The zero-order valence-electron chi connectivity index (χ0n) is 18.0. The molecule has 30 heavy (non-hydrogen) atoms. The molecule has 3 rings (SSSR count). The van der Waals surface area contributed by atoms with E-state index in [1.54, 1.807) is 6.92 Å². The molecule has 1 fully saturated rings. The van der Waals surface area contributed by atoms with Gasteiger partial charge in [0, 0.05) is 18.8 Å². The molecule has 0 spiro atoms. The van der Waals surface area contributed by atoms with Gasteiger partial charge in [-0.05, 0) is 40.5 Å². The molecule has 0 aliphatic carbocycles. The van der Waals surface area contributed by atoms with E-state index in [9.17, 15) is 14.7 Å². The Bertz CT molecular complexity index is 922. The van der Waals surface area contributed by atoms with E-state index in [4.69, 9.17) is 4.74 Å². The lowest BCUT2D eigenvalue weighted by atomic mass is 10.0. The number of hydrogen-bond acceptors (Lipinski definition) is 7. The number of carboxylic acids is 1. The summed E-state index contributed by atoms with van der Waals surface area (Å²) in [6, 6.07) is -0.174. The maximum Gasteiger partial charge on any atom is 0.347 e. The summed E-state index contributed by atoms with van der Waals surface area (Å²) in [5.41, 5.74) is 2.30. The molecule has 1 aliphatic heterocycles. The van der Waals surface area contributed by atoms with Crippen molar-refractivity contribution >= 4 is 28.3 Å². The molecule has 1 aliphatic rings. The SMILES string of the molecule is CCc1[nH]c(C(=O)NC2CCN(c3nc(C)c(C(=O)O)s3)CC2OC(C)C)nc1C. The van der Waals surface area contributed by atoms with Gasteiger partial charge in [-0.15, -0.1) is 0 Å². The molecule has 2 aromatic rings. The second-order valence-corrected chi connectivity index (χ2v) is 8.73. The van der Waals surface area contributed by atoms with Gasteiger partial charge in [-0.2, -0.15) is 0 Å². The maximum absolute atomic E-state index is 12.8. The van der Waals surface area contributed by atoms with Crippen molar-refractivity contribution in [2.24, 2.45) is 0 Å². The fraction of sp³-hybridized carbons (Fsp3) is 0.600. The van der Waals surface area contributed by atoms with Crippen LogP contribution in [0.3, 0.4) is 0 Å². The Labute approximate surface area is 179 Å². The van der Waals surface area contributed by atoms with Crippen LogP contribution in [0, 0.1) is 13.8 Å². The smallest absolute Gasteiger partial charge is 0.347 e. The Hall–Kier alpha value is -2.46. The third-order valence-electron chi connectivity index (χ3n) is 5.13. The summed E-state index contributed by atoms with van der Waals surface area (Å²) in [5, 5.41) is 13.0. The van der Waals surface area contributed by atoms with E-state index >= 15 is 0 Å². The van der Waals surface area contributed by atoms with E-state index in [-0.39, 0.29) is 29.0 Å². The maximum atomic E-state index is 12.8. The molecule has 2 unspecified atom stereocenters. The number of aromatic amines is 1. The molecule has 10 heteroatoms. The van der Waals surface area contributed by atoms with Gasteiger partial charge in [0.15, 0.2) is 11.0 Å². The molecule has 9 nitrogen and oxygen atoms in total. The quantitative estimate of drug-likeness (QED) is 0.611.